The van der Waals surface area contributed by atoms with Gasteiger partial charge in [-0.15, -0.1) is 0 Å². The fourth-order valence-corrected chi connectivity index (χ4v) is 1.14. The fraction of sp³-hybridized carbons (Fsp3) is 0.417. The first-order chi connectivity index (χ1) is 7.83. The number of benzene rings is 1. The van der Waals surface area contributed by atoms with Crippen LogP contribution in [0.15, 0.2) is 24.3 Å². The van der Waals surface area contributed by atoms with Crippen LogP contribution >= 0.6 is 0 Å². The Labute approximate surface area is 100 Å². The zero-order chi connectivity index (χ0) is 13.1. The Morgan fingerprint density at radius 3 is 2.65 bits per heavy atom. The minimum Gasteiger partial charge on any atom is -0.490 e. The summed E-state index contributed by atoms with van der Waals surface area (Å²) in [7, 11) is 3.79. The van der Waals surface area contributed by atoms with Crippen LogP contribution < -0.4 is 9.64 Å². The molecule has 1 atom stereocenters. The van der Waals surface area contributed by atoms with Crippen molar-refractivity contribution < 1.29 is 19.7 Å². The maximum absolute atomic E-state index is 10.7. The van der Waals surface area contributed by atoms with E-state index in [1.165, 1.54) is 6.92 Å². The van der Waals surface area contributed by atoms with Crippen molar-refractivity contribution in [2.45, 2.75) is 12.5 Å². The van der Waals surface area contributed by atoms with Crippen molar-refractivity contribution in [3.63, 3.8) is 0 Å². The maximum atomic E-state index is 10.7. The number of ether oxygens (including phenoxy) is 1. The van der Waals surface area contributed by atoms with Crippen LogP contribution in [0.1, 0.15) is 6.92 Å². The molecule has 0 aliphatic rings. The molecule has 1 aromatic rings. The van der Waals surface area contributed by atoms with Crippen molar-refractivity contribution in [3.8, 4) is 5.75 Å². The molecule has 0 aliphatic carbocycles. The lowest BCUT2D eigenvalue weighted by molar-refractivity contribution is -0.159. The minimum absolute atomic E-state index is 0.292. The lowest BCUT2D eigenvalue weighted by Gasteiger charge is -2.19. The van der Waals surface area contributed by atoms with Crippen molar-refractivity contribution in [3.05, 3.63) is 24.3 Å². The molecule has 0 aliphatic heterocycles. The molecule has 0 spiro atoms. The molecule has 2 N–H and O–H groups in total. The fourth-order valence-electron chi connectivity index (χ4n) is 1.14. The van der Waals surface area contributed by atoms with Gasteiger partial charge in [0.15, 0.2) is 5.60 Å². The number of aliphatic carboxylic acids is 1. The molecule has 0 fully saturated rings. The molecule has 0 bridgehead atoms. The maximum Gasteiger partial charge on any atom is 0.339 e. The second-order valence-electron chi connectivity index (χ2n) is 4.26. The molecule has 0 saturated heterocycles. The number of hydrogen-bond acceptors (Lipinski definition) is 4. The molecule has 5 heteroatoms. The topological polar surface area (TPSA) is 70.0 Å². The second-order valence-corrected chi connectivity index (χ2v) is 4.26. The summed E-state index contributed by atoms with van der Waals surface area (Å²) in [6.45, 7) is 0.907. The van der Waals surface area contributed by atoms with Gasteiger partial charge in [-0.2, -0.15) is 0 Å². The molecule has 0 radical (unpaired) electrons. The molecule has 0 aromatic heterocycles. The predicted molar refractivity (Wildman–Crippen MR) is 64.5 cm³/mol. The molecule has 0 amide bonds. The van der Waals surface area contributed by atoms with Crippen molar-refractivity contribution in [2.75, 3.05) is 25.6 Å². The average molecular weight is 239 g/mol. The Balaban J connectivity index is 2.70. The summed E-state index contributed by atoms with van der Waals surface area (Å²) in [4.78, 5) is 12.6. The highest BCUT2D eigenvalue weighted by Crippen LogP contribution is 2.20. The number of carbonyl (C=O) groups is 1. The zero-order valence-electron chi connectivity index (χ0n) is 10.2. The quantitative estimate of drug-likeness (QED) is 0.801. The van der Waals surface area contributed by atoms with Crippen LogP contribution in [0, 0.1) is 0 Å². The molecular formula is C12H17NO4. The molecule has 1 unspecified atom stereocenters. The molecule has 0 heterocycles. The molecule has 1 aromatic carbocycles. The van der Waals surface area contributed by atoms with Gasteiger partial charge in [-0.05, 0) is 19.1 Å². The monoisotopic (exact) mass is 239 g/mol. The van der Waals surface area contributed by atoms with Crippen LogP contribution in [0.3, 0.4) is 0 Å². The first kappa shape index (κ1) is 13.3. The summed E-state index contributed by atoms with van der Waals surface area (Å²) in [6, 6.07) is 7.20. The summed E-state index contributed by atoms with van der Waals surface area (Å²) in [5.74, 6) is -0.779. The number of nitrogens with zero attached hydrogens (tertiary/aromatic N) is 1. The lowest BCUT2D eigenvalue weighted by Crippen LogP contribution is -2.41. The number of rotatable bonds is 5. The largest absolute Gasteiger partial charge is 0.490 e. The third kappa shape index (κ3) is 3.64. The molecular weight excluding hydrogens is 222 g/mol. The van der Waals surface area contributed by atoms with Crippen LogP contribution in [-0.2, 0) is 4.79 Å². The Morgan fingerprint density at radius 2 is 2.12 bits per heavy atom. The number of hydrogen-bond donors (Lipinski definition) is 2. The summed E-state index contributed by atoms with van der Waals surface area (Å²) < 4.78 is 5.27. The van der Waals surface area contributed by atoms with Crippen LogP contribution in [0.25, 0.3) is 0 Å². The lowest BCUT2D eigenvalue weighted by atomic mass is 10.1. The molecule has 17 heavy (non-hydrogen) atoms. The van der Waals surface area contributed by atoms with E-state index in [2.05, 4.69) is 0 Å². The van der Waals surface area contributed by atoms with Crippen LogP contribution in [0.2, 0.25) is 0 Å². The van der Waals surface area contributed by atoms with E-state index in [9.17, 15) is 9.90 Å². The van der Waals surface area contributed by atoms with E-state index in [4.69, 9.17) is 9.84 Å². The standard InChI is InChI=1S/C12H17NO4/c1-12(16,11(14)15)8-17-10-6-4-5-9(7-10)13(2)3/h4-7,16H,8H2,1-3H3,(H,14,15). The molecule has 0 saturated carbocycles. The van der Waals surface area contributed by atoms with Gasteiger partial charge in [-0.1, -0.05) is 6.07 Å². The average Bonchev–Trinajstić information content (AvgIpc) is 2.26. The van der Waals surface area contributed by atoms with E-state index in [0.717, 1.165) is 5.69 Å². The van der Waals surface area contributed by atoms with Crippen molar-refractivity contribution in [2.24, 2.45) is 0 Å². The van der Waals surface area contributed by atoms with E-state index in [1.807, 2.05) is 25.1 Å². The SMILES string of the molecule is CN(C)c1cccc(OCC(C)(O)C(=O)O)c1. The van der Waals surface area contributed by atoms with E-state index in [1.54, 1.807) is 18.2 Å². The van der Waals surface area contributed by atoms with Gasteiger partial charge < -0.3 is 19.8 Å². The zero-order valence-corrected chi connectivity index (χ0v) is 10.2. The predicted octanol–water partition coefficient (Wildman–Crippen LogP) is 0.967. The highest BCUT2D eigenvalue weighted by atomic mass is 16.5. The first-order valence-electron chi connectivity index (χ1n) is 5.19. The number of carboxylic acid groups (broad SMARTS) is 1. The van der Waals surface area contributed by atoms with Crippen LogP contribution in [0.4, 0.5) is 5.69 Å². The number of carboxylic acids is 1. The third-order valence-electron chi connectivity index (χ3n) is 2.31. The van der Waals surface area contributed by atoms with Crippen LogP contribution in [-0.4, -0.2) is 42.5 Å². The number of aliphatic hydroxyl groups is 1. The van der Waals surface area contributed by atoms with Gasteiger partial charge in [0, 0.05) is 25.8 Å². The molecule has 1 rings (SSSR count). The highest BCUT2D eigenvalue weighted by molar-refractivity contribution is 5.76. The summed E-state index contributed by atoms with van der Waals surface area (Å²) >= 11 is 0. The van der Waals surface area contributed by atoms with E-state index in [0.29, 0.717) is 5.75 Å². The van der Waals surface area contributed by atoms with Gasteiger partial charge in [0.2, 0.25) is 0 Å². The van der Waals surface area contributed by atoms with Gasteiger partial charge in [0.1, 0.15) is 12.4 Å². The van der Waals surface area contributed by atoms with E-state index >= 15 is 0 Å². The van der Waals surface area contributed by atoms with Gasteiger partial charge in [-0.25, -0.2) is 4.79 Å². The van der Waals surface area contributed by atoms with Crippen molar-refractivity contribution in [1.29, 1.82) is 0 Å². The molecule has 94 valence electrons. The van der Waals surface area contributed by atoms with E-state index in [-0.39, 0.29) is 6.61 Å². The number of anilines is 1. The third-order valence-corrected chi connectivity index (χ3v) is 2.31. The Morgan fingerprint density at radius 1 is 1.47 bits per heavy atom. The Bertz CT molecular complexity index is 401. The van der Waals surface area contributed by atoms with E-state index < -0.39 is 11.6 Å². The summed E-state index contributed by atoms with van der Waals surface area (Å²) in [6.07, 6.45) is 0. The molecule has 5 nitrogen and oxygen atoms in total. The van der Waals surface area contributed by atoms with Gasteiger partial charge >= 0.3 is 5.97 Å². The second kappa shape index (κ2) is 5.05. The van der Waals surface area contributed by atoms with Crippen molar-refractivity contribution in [1.82, 2.24) is 0 Å². The summed E-state index contributed by atoms with van der Waals surface area (Å²) in [5, 5.41) is 18.2. The summed E-state index contributed by atoms with van der Waals surface area (Å²) in [5.41, 5.74) is -0.939. The smallest absolute Gasteiger partial charge is 0.339 e. The van der Waals surface area contributed by atoms with Crippen LogP contribution in [0.5, 0.6) is 5.75 Å². The van der Waals surface area contributed by atoms with Crippen molar-refractivity contribution >= 4 is 11.7 Å². The Hall–Kier alpha value is -1.75. The van der Waals surface area contributed by atoms with Gasteiger partial charge in [0.25, 0.3) is 0 Å². The normalized spacial score (nSPS) is 13.9. The Kier molecular flexibility index (Phi) is 3.96. The highest BCUT2D eigenvalue weighted by Gasteiger charge is 2.30. The first-order valence-corrected chi connectivity index (χ1v) is 5.19. The van der Waals surface area contributed by atoms with Gasteiger partial charge in [-0.3, -0.25) is 0 Å². The minimum atomic E-state index is -1.88. The van der Waals surface area contributed by atoms with Gasteiger partial charge in [0.05, 0.1) is 0 Å².